The summed E-state index contributed by atoms with van der Waals surface area (Å²) >= 11 is 0. The molecule has 2 heterocycles. The molecule has 0 radical (unpaired) electrons. The largest absolute Gasteiger partial charge is 0.476 e. The van der Waals surface area contributed by atoms with Crippen LogP contribution in [0.15, 0.2) is 34.9 Å². The van der Waals surface area contributed by atoms with Crippen LogP contribution in [0.25, 0.3) is 0 Å². The molecular formula is C14H15N3O4. The highest BCUT2D eigenvalue weighted by Gasteiger charge is 2.12. The van der Waals surface area contributed by atoms with Gasteiger partial charge in [-0.3, -0.25) is 0 Å². The highest BCUT2D eigenvalue weighted by atomic mass is 16.5. The van der Waals surface area contributed by atoms with Crippen LogP contribution in [0.2, 0.25) is 0 Å². The number of nitrogens with zero attached hydrogens (tertiary/aromatic N) is 2. The van der Waals surface area contributed by atoms with Gasteiger partial charge in [0.15, 0.2) is 5.69 Å². The van der Waals surface area contributed by atoms with Crippen LogP contribution < -0.4 is 10.2 Å². The molecule has 0 bridgehead atoms. The van der Waals surface area contributed by atoms with Crippen LogP contribution in [0.1, 0.15) is 10.5 Å². The van der Waals surface area contributed by atoms with Crippen LogP contribution in [0, 0.1) is 0 Å². The first-order chi connectivity index (χ1) is 10.2. The molecule has 0 amide bonds. The van der Waals surface area contributed by atoms with Crippen molar-refractivity contribution in [2.45, 2.75) is 0 Å². The fourth-order valence-electron chi connectivity index (χ4n) is 2.13. The second-order valence-electron chi connectivity index (χ2n) is 4.61. The van der Waals surface area contributed by atoms with Crippen LogP contribution in [0.5, 0.6) is 0 Å². The zero-order valence-electron chi connectivity index (χ0n) is 11.3. The van der Waals surface area contributed by atoms with Crippen molar-refractivity contribution in [3.63, 3.8) is 0 Å². The highest BCUT2D eigenvalue weighted by Crippen LogP contribution is 2.21. The topological polar surface area (TPSA) is 87.8 Å². The number of carbonyl (C=O) groups is 1. The fourth-order valence-corrected chi connectivity index (χ4v) is 2.13. The first-order valence-electron chi connectivity index (χ1n) is 6.61. The number of anilines is 3. The highest BCUT2D eigenvalue weighted by molar-refractivity contribution is 5.85. The Bertz CT molecular complexity index is 617. The smallest absolute Gasteiger partial charge is 0.357 e. The third-order valence-electron chi connectivity index (χ3n) is 3.22. The Labute approximate surface area is 121 Å². The van der Waals surface area contributed by atoms with Crippen LogP contribution in [0.3, 0.4) is 0 Å². The molecule has 7 nitrogen and oxygen atoms in total. The van der Waals surface area contributed by atoms with Crippen LogP contribution >= 0.6 is 0 Å². The van der Waals surface area contributed by atoms with E-state index in [1.807, 2.05) is 24.3 Å². The van der Waals surface area contributed by atoms with Crippen molar-refractivity contribution in [1.82, 2.24) is 4.98 Å². The summed E-state index contributed by atoms with van der Waals surface area (Å²) in [7, 11) is 0. The van der Waals surface area contributed by atoms with Gasteiger partial charge in [0.2, 0.25) is 0 Å². The number of rotatable bonds is 4. The van der Waals surface area contributed by atoms with Crippen molar-refractivity contribution in [2.24, 2.45) is 0 Å². The Kier molecular flexibility index (Phi) is 3.74. The van der Waals surface area contributed by atoms with Crippen molar-refractivity contribution in [3.05, 3.63) is 36.2 Å². The minimum Gasteiger partial charge on any atom is -0.476 e. The maximum absolute atomic E-state index is 10.7. The number of benzene rings is 1. The Balaban J connectivity index is 1.67. The molecule has 0 spiro atoms. The minimum atomic E-state index is -1.12. The van der Waals surface area contributed by atoms with Gasteiger partial charge < -0.3 is 24.5 Å². The molecule has 7 heteroatoms. The first-order valence-corrected chi connectivity index (χ1v) is 6.61. The fraction of sp³-hybridized carbons (Fsp3) is 0.286. The molecule has 1 aliphatic rings. The summed E-state index contributed by atoms with van der Waals surface area (Å²) in [6, 6.07) is 7.94. The number of ether oxygens (including phenoxy) is 1. The van der Waals surface area contributed by atoms with Crippen molar-refractivity contribution in [2.75, 3.05) is 36.5 Å². The molecule has 3 rings (SSSR count). The third-order valence-corrected chi connectivity index (χ3v) is 3.22. The van der Waals surface area contributed by atoms with Gasteiger partial charge in [0.1, 0.15) is 6.26 Å². The Hall–Kier alpha value is -2.54. The molecule has 0 saturated carbocycles. The Morgan fingerprint density at radius 3 is 2.57 bits per heavy atom. The molecule has 1 fully saturated rings. The zero-order chi connectivity index (χ0) is 14.7. The predicted octanol–water partition coefficient (Wildman–Crippen LogP) is 1.95. The molecule has 2 aromatic rings. The number of hydrogen-bond acceptors (Lipinski definition) is 6. The van der Waals surface area contributed by atoms with E-state index < -0.39 is 5.97 Å². The zero-order valence-corrected chi connectivity index (χ0v) is 11.3. The lowest BCUT2D eigenvalue weighted by atomic mass is 10.2. The lowest BCUT2D eigenvalue weighted by molar-refractivity contribution is 0.0690. The Morgan fingerprint density at radius 1 is 1.24 bits per heavy atom. The van der Waals surface area contributed by atoms with Gasteiger partial charge in [-0.25, -0.2) is 4.79 Å². The van der Waals surface area contributed by atoms with E-state index in [9.17, 15) is 4.79 Å². The molecule has 1 saturated heterocycles. The van der Waals surface area contributed by atoms with E-state index in [2.05, 4.69) is 15.2 Å². The lowest BCUT2D eigenvalue weighted by Gasteiger charge is -2.28. The first kappa shape index (κ1) is 13.4. The monoisotopic (exact) mass is 289 g/mol. The molecule has 1 aliphatic heterocycles. The quantitative estimate of drug-likeness (QED) is 0.889. The van der Waals surface area contributed by atoms with Gasteiger partial charge in [-0.1, -0.05) is 0 Å². The molecule has 1 aromatic heterocycles. The molecule has 1 aromatic carbocycles. The van der Waals surface area contributed by atoms with Gasteiger partial charge in [-0.15, -0.1) is 0 Å². The number of carboxylic acid groups (broad SMARTS) is 1. The van der Waals surface area contributed by atoms with Gasteiger partial charge in [0.05, 0.1) is 13.2 Å². The molecule has 0 aliphatic carbocycles. The van der Waals surface area contributed by atoms with Gasteiger partial charge in [0.25, 0.3) is 6.01 Å². The van der Waals surface area contributed by atoms with Crippen molar-refractivity contribution >= 4 is 23.4 Å². The molecule has 0 unspecified atom stereocenters. The summed E-state index contributed by atoms with van der Waals surface area (Å²) in [6.07, 6.45) is 1.10. The van der Waals surface area contributed by atoms with E-state index in [4.69, 9.17) is 14.3 Å². The normalized spacial score (nSPS) is 15.0. The van der Waals surface area contributed by atoms with E-state index in [0.29, 0.717) is 0 Å². The summed E-state index contributed by atoms with van der Waals surface area (Å²) in [4.78, 5) is 16.8. The number of morpholine rings is 1. The van der Waals surface area contributed by atoms with E-state index in [0.717, 1.165) is 43.9 Å². The SMILES string of the molecule is O=C(O)c1coc(Nc2ccc(N3CCOCC3)cc2)n1. The lowest BCUT2D eigenvalue weighted by Crippen LogP contribution is -2.36. The minimum absolute atomic E-state index is 0.123. The Morgan fingerprint density at radius 2 is 1.95 bits per heavy atom. The number of aromatic nitrogens is 1. The molecule has 2 N–H and O–H groups in total. The predicted molar refractivity (Wildman–Crippen MR) is 76.2 cm³/mol. The summed E-state index contributed by atoms with van der Waals surface area (Å²) in [6.45, 7) is 3.26. The van der Waals surface area contributed by atoms with E-state index in [-0.39, 0.29) is 11.7 Å². The van der Waals surface area contributed by atoms with Crippen molar-refractivity contribution in [3.8, 4) is 0 Å². The van der Waals surface area contributed by atoms with E-state index >= 15 is 0 Å². The van der Waals surface area contributed by atoms with Crippen LogP contribution in [0.4, 0.5) is 17.4 Å². The molecule has 0 atom stereocenters. The van der Waals surface area contributed by atoms with Crippen LogP contribution in [-0.4, -0.2) is 42.4 Å². The average Bonchev–Trinajstić information content (AvgIpc) is 2.98. The van der Waals surface area contributed by atoms with Crippen molar-refractivity contribution in [1.29, 1.82) is 0 Å². The van der Waals surface area contributed by atoms with Gasteiger partial charge in [0, 0.05) is 24.5 Å². The number of hydrogen-bond donors (Lipinski definition) is 2. The number of aromatic carboxylic acids is 1. The average molecular weight is 289 g/mol. The second-order valence-corrected chi connectivity index (χ2v) is 4.61. The number of nitrogens with one attached hydrogen (secondary N) is 1. The second kappa shape index (κ2) is 5.84. The maximum Gasteiger partial charge on any atom is 0.357 e. The van der Waals surface area contributed by atoms with E-state index in [1.54, 1.807) is 0 Å². The third kappa shape index (κ3) is 3.14. The van der Waals surface area contributed by atoms with E-state index in [1.165, 1.54) is 0 Å². The standard InChI is InChI=1S/C14H15N3O4/c18-13(19)12-9-21-14(16-12)15-10-1-3-11(4-2-10)17-5-7-20-8-6-17/h1-4,9H,5-8H2,(H,15,16)(H,18,19). The number of carboxylic acids is 1. The summed E-state index contributed by atoms with van der Waals surface area (Å²) in [5.74, 6) is -1.12. The molecule has 21 heavy (non-hydrogen) atoms. The molecular weight excluding hydrogens is 274 g/mol. The summed E-state index contributed by atoms with van der Waals surface area (Å²) in [5.41, 5.74) is 1.79. The number of oxazole rings is 1. The van der Waals surface area contributed by atoms with Crippen molar-refractivity contribution < 1.29 is 19.1 Å². The summed E-state index contributed by atoms with van der Waals surface area (Å²) in [5, 5.41) is 11.7. The van der Waals surface area contributed by atoms with Gasteiger partial charge in [-0.05, 0) is 24.3 Å². The van der Waals surface area contributed by atoms with Crippen LogP contribution in [-0.2, 0) is 4.74 Å². The maximum atomic E-state index is 10.7. The molecule has 110 valence electrons. The summed E-state index contributed by atoms with van der Waals surface area (Å²) < 4.78 is 10.4. The van der Waals surface area contributed by atoms with Gasteiger partial charge >= 0.3 is 5.97 Å². The van der Waals surface area contributed by atoms with Gasteiger partial charge in [-0.2, -0.15) is 4.98 Å².